The highest BCUT2D eigenvalue weighted by atomic mass is 16.5. The number of ether oxygens (including phenoxy) is 1. The van der Waals surface area contributed by atoms with Gasteiger partial charge < -0.3 is 14.2 Å². The van der Waals surface area contributed by atoms with Crippen LogP contribution in [0, 0.1) is 12.3 Å². The summed E-state index contributed by atoms with van der Waals surface area (Å²) in [6.07, 6.45) is 9.04. The molecule has 2 rings (SSSR count). The van der Waals surface area contributed by atoms with Gasteiger partial charge >= 0.3 is 5.97 Å². The van der Waals surface area contributed by atoms with Gasteiger partial charge in [0.1, 0.15) is 0 Å². The molecule has 0 bridgehead atoms. The SMILES string of the molecule is C#CCOC(=O)c1cc(-n2cccc2)ccc1N(CC)CC. The van der Waals surface area contributed by atoms with Crippen LogP contribution in [0.15, 0.2) is 42.7 Å². The Labute approximate surface area is 131 Å². The van der Waals surface area contributed by atoms with Gasteiger partial charge in [-0.3, -0.25) is 0 Å². The molecule has 4 heteroatoms. The van der Waals surface area contributed by atoms with E-state index in [4.69, 9.17) is 11.2 Å². The van der Waals surface area contributed by atoms with Crippen LogP contribution in [-0.2, 0) is 4.74 Å². The molecule has 1 heterocycles. The van der Waals surface area contributed by atoms with Crippen molar-refractivity contribution in [3.05, 3.63) is 48.3 Å². The molecular formula is C18H20N2O2. The maximum Gasteiger partial charge on any atom is 0.341 e. The standard InChI is InChI=1S/C18H20N2O2/c1-4-13-22-18(21)16-14-15(20-11-7-8-12-20)9-10-17(16)19(5-2)6-3/h1,7-12,14H,5-6,13H2,2-3H3. The first-order chi connectivity index (χ1) is 10.7. The number of carbonyl (C=O) groups excluding carboxylic acids is 1. The molecule has 0 N–H and O–H groups in total. The minimum absolute atomic E-state index is 0.0235. The normalized spacial score (nSPS) is 10.0. The lowest BCUT2D eigenvalue weighted by Crippen LogP contribution is -2.24. The van der Waals surface area contributed by atoms with Crippen molar-refractivity contribution in [2.45, 2.75) is 13.8 Å². The second kappa shape index (κ2) is 7.37. The van der Waals surface area contributed by atoms with E-state index in [0.29, 0.717) is 5.56 Å². The molecule has 0 radical (unpaired) electrons. The average Bonchev–Trinajstić information content (AvgIpc) is 3.08. The largest absolute Gasteiger partial charge is 0.449 e. The molecule has 1 aromatic heterocycles. The number of hydrogen-bond donors (Lipinski definition) is 0. The summed E-state index contributed by atoms with van der Waals surface area (Å²) in [7, 11) is 0. The lowest BCUT2D eigenvalue weighted by atomic mass is 10.1. The summed E-state index contributed by atoms with van der Waals surface area (Å²) in [5.41, 5.74) is 2.31. The molecule has 0 aliphatic carbocycles. The predicted octanol–water partition coefficient (Wildman–Crippen LogP) is 3.11. The summed E-state index contributed by atoms with van der Waals surface area (Å²) in [4.78, 5) is 14.4. The van der Waals surface area contributed by atoms with Gasteiger partial charge in [-0.15, -0.1) is 6.42 Å². The average molecular weight is 296 g/mol. The fourth-order valence-electron chi connectivity index (χ4n) is 2.38. The molecule has 0 amide bonds. The molecule has 0 spiro atoms. The maximum absolute atomic E-state index is 12.3. The molecule has 0 fully saturated rings. The van der Waals surface area contributed by atoms with Crippen molar-refractivity contribution >= 4 is 11.7 Å². The molecule has 0 aliphatic rings. The van der Waals surface area contributed by atoms with E-state index in [1.54, 1.807) is 0 Å². The number of benzene rings is 1. The third kappa shape index (κ3) is 3.32. The summed E-state index contributed by atoms with van der Waals surface area (Å²) < 4.78 is 7.07. The zero-order valence-corrected chi connectivity index (χ0v) is 13.0. The number of rotatable bonds is 6. The molecule has 0 aliphatic heterocycles. The van der Waals surface area contributed by atoms with E-state index in [1.807, 2.05) is 47.3 Å². The summed E-state index contributed by atoms with van der Waals surface area (Å²) in [6.45, 7) is 5.72. The van der Waals surface area contributed by atoms with Crippen LogP contribution in [0.25, 0.3) is 5.69 Å². The van der Waals surface area contributed by atoms with Crippen LogP contribution < -0.4 is 4.90 Å². The van der Waals surface area contributed by atoms with Crippen LogP contribution >= 0.6 is 0 Å². The Hall–Kier alpha value is -2.67. The summed E-state index contributed by atoms with van der Waals surface area (Å²) in [5, 5.41) is 0. The molecule has 0 saturated heterocycles. The van der Waals surface area contributed by atoms with E-state index in [2.05, 4.69) is 24.7 Å². The zero-order valence-electron chi connectivity index (χ0n) is 13.0. The van der Waals surface area contributed by atoms with E-state index in [-0.39, 0.29) is 6.61 Å². The lowest BCUT2D eigenvalue weighted by Gasteiger charge is -2.24. The number of hydrogen-bond acceptors (Lipinski definition) is 3. The predicted molar refractivity (Wildman–Crippen MR) is 88.4 cm³/mol. The number of terminal acetylenes is 1. The first kappa shape index (κ1) is 15.7. The van der Waals surface area contributed by atoms with Crippen molar-refractivity contribution in [1.29, 1.82) is 0 Å². The Morgan fingerprint density at radius 2 is 1.95 bits per heavy atom. The molecular weight excluding hydrogens is 276 g/mol. The molecule has 2 aromatic rings. The van der Waals surface area contributed by atoms with Crippen molar-refractivity contribution in [3.63, 3.8) is 0 Å². The first-order valence-corrected chi connectivity index (χ1v) is 7.34. The fraction of sp³-hybridized carbons (Fsp3) is 0.278. The van der Waals surface area contributed by atoms with E-state index in [0.717, 1.165) is 24.5 Å². The van der Waals surface area contributed by atoms with E-state index < -0.39 is 5.97 Å². The fourth-order valence-corrected chi connectivity index (χ4v) is 2.38. The number of nitrogens with zero attached hydrogens (tertiary/aromatic N) is 2. The minimum Gasteiger partial charge on any atom is -0.449 e. The number of anilines is 1. The third-order valence-corrected chi connectivity index (χ3v) is 3.49. The summed E-state index contributed by atoms with van der Waals surface area (Å²) in [6, 6.07) is 9.66. The van der Waals surface area contributed by atoms with Crippen LogP contribution in [0.5, 0.6) is 0 Å². The zero-order chi connectivity index (χ0) is 15.9. The smallest absolute Gasteiger partial charge is 0.341 e. The molecule has 0 unspecified atom stereocenters. The molecule has 114 valence electrons. The Morgan fingerprint density at radius 1 is 1.27 bits per heavy atom. The van der Waals surface area contributed by atoms with Gasteiger partial charge in [0.25, 0.3) is 0 Å². The van der Waals surface area contributed by atoms with Crippen LogP contribution in [-0.4, -0.2) is 30.2 Å². The highest BCUT2D eigenvalue weighted by Gasteiger charge is 2.17. The summed E-state index contributed by atoms with van der Waals surface area (Å²) in [5.74, 6) is 1.93. The highest BCUT2D eigenvalue weighted by Crippen LogP contribution is 2.25. The minimum atomic E-state index is -0.395. The number of carbonyl (C=O) groups is 1. The van der Waals surface area contributed by atoms with Gasteiger partial charge in [-0.2, -0.15) is 0 Å². The van der Waals surface area contributed by atoms with Crippen LogP contribution in [0.3, 0.4) is 0 Å². The van der Waals surface area contributed by atoms with Crippen LogP contribution in [0.2, 0.25) is 0 Å². The maximum atomic E-state index is 12.3. The molecule has 22 heavy (non-hydrogen) atoms. The van der Waals surface area contributed by atoms with Crippen molar-refractivity contribution in [2.75, 3.05) is 24.6 Å². The van der Waals surface area contributed by atoms with E-state index >= 15 is 0 Å². The Kier molecular flexibility index (Phi) is 5.26. The van der Waals surface area contributed by atoms with Crippen molar-refractivity contribution < 1.29 is 9.53 Å². The second-order valence-corrected chi connectivity index (χ2v) is 4.74. The Morgan fingerprint density at radius 3 is 2.55 bits per heavy atom. The third-order valence-electron chi connectivity index (χ3n) is 3.49. The Bertz CT molecular complexity index is 665. The molecule has 1 aromatic carbocycles. The first-order valence-electron chi connectivity index (χ1n) is 7.34. The number of aromatic nitrogens is 1. The van der Waals surface area contributed by atoms with Crippen molar-refractivity contribution in [3.8, 4) is 18.0 Å². The van der Waals surface area contributed by atoms with Gasteiger partial charge in [-0.05, 0) is 44.2 Å². The quantitative estimate of drug-likeness (QED) is 0.607. The van der Waals surface area contributed by atoms with Gasteiger partial charge in [-0.25, -0.2) is 4.79 Å². The second-order valence-electron chi connectivity index (χ2n) is 4.74. The van der Waals surface area contributed by atoms with Gasteiger partial charge in [0, 0.05) is 31.2 Å². The van der Waals surface area contributed by atoms with Gasteiger partial charge in [0.15, 0.2) is 6.61 Å². The van der Waals surface area contributed by atoms with E-state index in [1.165, 1.54) is 0 Å². The molecule has 0 saturated carbocycles. The lowest BCUT2D eigenvalue weighted by molar-refractivity contribution is 0.0557. The molecule has 4 nitrogen and oxygen atoms in total. The highest BCUT2D eigenvalue weighted by molar-refractivity contribution is 5.96. The number of esters is 1. The van der Waals surface area contributed by atoms with Crippen LogP contribution in [0.4, 0.5) is 5.69 Å². The van der Waals surface area contributed by atoms with Crippen molar-refractivity contribution in [1.82, 2.24) is 4.57 Å². The molecule has 0 atom stereocenters. The summed E-state index contributed by atoms with van der Waals surface area (Å²) >= 11 is 0. The monoisotopic (exact) mass is 296 g/mol. The Balaban J connectivity index is 2.45. The van der Waals surface area contributed by atoms with Gasteiger partial charge in [0.05, 0.1) is 11.3 Å². The topological polar surface area (TPSA) is 34.5 Å². The van der Waals surface area contributed by atoms with Gasteiger partial charge in [-0.1, -0.05) is 5.92 Å². The van der Waals surface area contributed by atoms with Crippen LogP contribution in [0.1, 0.15) is 24.2 Å². The van der Waals surface area contributed by atoms with E-state index in [9.17, 15) is 4.79 Å². The van der Waals surface area contributed by atoms with Gasteiger partial charge in [0.2, 0.25) is 0 Å². The van der Waals surface area contributed by atoms with Crippen molar-refractivity contribution in [2.24, 2.45) is 0 Å².